The normalized spacial score (nSPS) is 14.6. The van der Waals surface area contributed by atoms with Crippen molar-refractivity contribution in [3.63, 3.8) is 0 Å². The van der Waals surface area contributed by atoms with Crippen molar-refractivity contribution in [2.45, 2.75) is 32.9 Å². The van der Waals surface area contributed by atoms with Crippen LogP contribution in [0.15, 0.2) is 12.1 Å². The Labute approximate surface area is 108 Å². The monoisotopic (exact) mass is 250 g/mol. The van der Waals surface area contributed by atoms with Gasteiger partial charge in [-0.05, 0) is 57.1 Å². The lowest BCUT2D eigenvalue weighted by molar-refractivity contribution is -0.140. The molecular weight excluding hydrogens is 228 g/mol. The van der Waals surface area contributed by atoms with E-state index in [2.05, 4.69) is 0 Å². The number of nitrogens with two attached hydrogens (primary N) is 1. The van der Waals surface area contributed by atoms with E-state index < -0.39 is 12.0 Å². The van der Waals surface area contributed by atoms with E-state index in [9.17, 15) is 4.79 Å². The Bertz CT molecular complexity index is 455. The van der Waals surface area contributed by atoms with Crippen LogP contribution in [0, 0.1) is 20.8 Å². The number of hydrogen-bond donors (Lipinski definition) is 2. The molecule has 0 saturated heterocycles. The number of hydrogen-bond acceptors (Lipinski definition) is 3. The van der Waals surface area contributed by atoms with Crippen molar-refractivity contribution in [2.75, 3.05) is 14.1 Å². The standard InChI is InChI=1S/C14H22N2O2/c1-8-6-7-11(10(3)9(8)2)13(16(4)5)12(15)14(17)18/h6-7,12-13H,15H2,1-5H3,(H,17,18). The number of aliphatic carboxylic acids is 1. The molecule has 4 heteroatoms. The fraction of sp³-hybridized carbons (Fsp3) is 0.500. The Hall–Kier alpha value is -1.39. The molecular formula is C14H22N2O2. The van der Waals surface area contributed by atoms with Gasteiger partial charge in [-0.2, -0.15) is 0 Å². The first-order valence-corrected chi connectivity index (χ1v) is 5.99. The molecule has 0 spiro atoms. The van der Waals surface area contributed by atoms with Gasteiger partial charge >= 0.3 is 5.97 Å². The first kappa shape index (κ1) is 14.7. The number of carbonyl (C=O) groups is 1. The van der Waals surface area contributed by atoms with E-state index in [1.165, 1.54) is 11.1 Å². The van der Waals surface area contributed by atoms with Gasteiger partial charge in [0.15, 0.2) is 0 Å². The van der Waals surface area contributed by atoms with Gasteiger partial charge in [-0.1, -0.05) is 12.1 Å². The quantitative estimate of drug-likeness (QED) is 0.852. The summed E-state index contributed by atoms with van der Waals surface area (Å²) in [5.74, 6) is -0.980. The molecule has 4 nitrogen and oxygen atoms in total. The summed E-state index contributed by atoms with van der Waals surface area (Å²) in [4.78, 5) is 13.0. The molecule has 0 bridgehead atoms. The first-order chi connectivity index (χ1) is 8.27. The molecule has 1 aromatic carbocycles. The molecule has 0 aromatic heterocycles. The smallest absolute Gasteiger partial charge is 0.322 e. The average molecular weight is 250 g/mol. The Morgan fingerprint density at radius 2 is 1.78 bits per heavy atom. The minimum Gasteiger partial charge on any atom is -0.480 e. The maximum Gasteiger partial charge on any atom is 0.322 e. The third kappa shape index (κ3) is 2.71. The zero-order valence-corrected chi connectivity index (χ0v) is 11.7. The molecule has 0 radical (unpaired) electrons. The molecule has 0 saturated carbocycles. The molecule has 100 valence electrons. The van der Waals surface area contributed by atoms with E-state index in [-0.39, 0.29) is 6.04 Å². The van der Waals surface area contributed by atoms with Crippen molar-refractivity contribution in [3.05, 3.63) is 34.4 Å². The molecule has 0 aliphatic carbocycles. The second kappa shape index (κ2) is 5.50. The summed E-state index contributed by atoms with van der Waals surface area (Å²) >= 11 is 0. The van der Waals surface area contributed by atoms with Gasteiger partial charge in [0, 0.05) is 0 Å². The minimum absolute atomic E-state index is 0.318. The number of nitrogens with zero attached hydrogens (tertiary/aromatic N) is 1. The summed E-state index contributed by atoms with van der Waals surface area (Å²) in [5.41, 5.74) is 10.3. The fourth-order valence-corrected chi connectivity index (χ4v) is 2.23. The topological polar surface area (TPSA) is 66.6 Å². The van der Waals surface area contributed by atoms with Gasteiger partial charge in [0.05, 0.1) is 6.04 Å². The van der Waals surface area contributed by atoms with Crippen LogP contribution in [0.1, 0.15) is 28.3 Å². The highest BCUT2D eigenvalue weighted by molar-refractivity contribution is 5.74. The van der Waals surface area contributed by atoms with Crippen LogP contribution >= 0.6 is 0 Å². The van der Waals surface area contributed by atoms with Crippen LogP contribution in [0.3, 0.4) is 0 Å². The lowest BCUT2D eigenvalue weighted by Gasteiger charge is -2.30. The van der Waals surface area contributed by atoms with Crippen LogP contribution in [0.4, 0.5) is 0 Å². The zero-order valence-electron chi connectivity index (χ0n) is 11.7. The van der Waals surface area contributed by atoms with Gasteiger partial charge < -0.3 is 15.7 Å². The van der Waals surface area contributed by atoms with Crippen LogP contribution in [0.2, 0.25) is 0 Å². The van der Waals surface area contributed by atoms with Crippen molar-refractivity contribution in [1.82, 2.24) is 4.90 Å². The average Bonchev–Trinajstić information content (AvgIpc) is 2.28. The van der Waals surface area contributed by atoms with E-state index in [1.54, 1.807) is 0 Å². The largest absolute Gasteiger partial charge is 0.480 e. The maximum absolute atomic E-state index is 11.1. The minimum atomic E-state index is -0.980. The summed E-state index contributed by atoms with van der Waals surface area (Å²) in [5, 5.41) is 9.13. The molecule has 2 unspecified atom stereocenters. The van der Waals surface area contributed by atoms with Crippen molar-refractivity contribution >= 4 is 5.97 Å². The number of benzene rings is 1. The predicted molar refractivity (Wildman–Crippen MR) is 72.7 cm³/mol. The summed E-state index contributed by atoms with van der Waals surface area (Å²) < 4.78 is 0. The first-order valence-electron chi connectivity index (χ1n) is 5.99. The van der Waals surface area contributed by atoms with Gasteiger partial charge in [-0.3, -0.25) is 4.79 Å². The van der Waals surface area contributed by atoms with Crippen LogP contribution in [-0.2, 0) is 4.79 Å². The Balaban J connectivity index is 3.31. The Morgan fingerprint density at radius 1 is 1.22 bits per heavy atom. The molecule has 0 aliphatic heterocycles. The summed E-state index contributed by atoms with van der Waals surface area (Å²) in [6, 6.07) is 2.75. The predicted octanol–water partition coefficient (Wildman–Crippen LogP) is 1.63. The highest BCUT2D eigenvalue weighted by Gasteiger charge is 2.29. The van der Waals surface area contributed by atoms with Crippen LogP contribution in [0.5, 0.6) is 0 Å². The number of rotatable bonds is 4. The van der Waals surface area contributed by atoms with Crippen molar-refractivity contribution in [1.29, 1.82) is 0 Å². The van der Waals surface area contributed by atoms with Gasteiger partial charge in [0.25, 0.3) is 0 Å². The molecule has 0 aliphatic rings. The number of carboxylic acid groups (broad SMARTS) is 1. The second-order valence-electron chi connectivity index (χ2n) is 4.99. The van der Waals surface area contributed by atoms with Crippen molar-refractivity contribution < 1.29 is 9.90 Å². The lowest BCUT2D eigenvalue weighted by Crippen LogP contribution is -2.43. The SMILES string of the molecule is Cc1ccc(C(C(N)C(=O)O)N(C)C)c(C)c1C. The van der Waals surface area contributed by atoms with Gasteiger partial charge in [0.2, 0.25) is 0 Å². The highest BCUT2D eigenvalue weighted by atomic mass is 16.4. The van der Waals surface area contributed by atoms with Crippen LogP contribution < -0.4 is 5.73 Å². The van der Waals surface area contributed by atoms with Gasteiger partial charge in [-0.15, -0.1) is 0 Å². The van der Waals surface area contributed by atoms with Gasteiger partial charge in [-0.25, -0.2) is 0 Å². The van der Waals surface area contributed by atoms with E-state index in [0.717, 1.165) is 11.1 Å². The Kier molecular flexibility index (Phi) is 4.48. The maximum atomic E-state index is 11.1. The molecule has 18 heavy (non-hydrogen) atoms. The number of likely N-dealkylation sites (N-methyl/N-ethyl adjacent to an activating group) is 1. The van der Waals surface area contributed by atoms with Crippen molar-refractivity contribution in [3.8, 4) is 0 Å². The molecule has 3 N–H and O–H groups in total. The molecule has 0 heterocycles. The summed E-state index contributed by atoms with van der Waals surface area (Å²) in [6.45, 7) is 6.11. The second-order valence-corrected chi connectivity index (χ2v) is 4.99. The molecule has 1 aromatic rings. The van der Waals surface area contributed by atoms with E-state index in [4.69, 9.17) is 10.8 Å². The van der Waals surface area contributed by atoms with Crippen LogP contribution in [-0.4, -0.2) is 36.1 Å². The number of carboxylic acids is 1. The molecule has 0 amide bonds. The molecule has 1 rings (SSSR count). The number of aryl methyl sites for hydroxylation is 1. The fourth-order valence-electron chi connectivity index (χ4n) is 2.23. The summed E-state index contributed by atoms with van der Waals surface area (Å²) in [6.07, 6.45) is 0. The third-order valence-corrected chi connectivity index (χ3v) is 3.60. The van der Waals surface area contributed by atoms with Crippen molar-refractivity contribution in [2.24, 2.45) is 5.73 Å². The molecule has 2 atom stereocenters. The third-order valence-electron chi connectivity index (χ3n) is 3.60. The van der Waals surface area contributed by atoms with E-state index in [1.807, 2.05) is 51.9 Å². The summed E-state index contributed by atoms with van der Waals surface area (Å²) in [7, 11) is 3.70. The lowest BCUT2D eigenvalue weighted by atomic mass is 9.90. The van der Waals surface area contributed by atoms with Gasteiger partial charge in [0.1, 0.15) is 6.04 Å². The Morgan fingerprint density at radius 3 is 2.22 bits per heavy atom. The molecule has 0 fully saturated rings. The van der Waals surface area contributed by atoms with E-state index in [0.29, 0.717) is 0 Å². The zero-order chi connectivity index (χ0) is 14.0. The van der Waals surface area contributed by atoms with E-state index >= 15 is 0 Å². The highest BCUT2D eigenvalue weighted by Crippen LogP contribution is 2.27. The van der Waals surface area contributed by atoms with Crippen LogP contribution in [0.25, 0.3) is 0 Å².